The molecule has 0 aromatic rings. The molecule has 0 aliphatic carbocycles. The summed E-state index contributed by atoms with van der Waals surface area (Å²) in [5, 5.41) is 1.51. The molecule has 0 aliphatic heterocycles. The zero-order chi connectivity index (χ0) is 13.2. The van der Waals surface area contributed by atoms with Crippen molar-refractivity contribution < 1.29 is 17.3 Å². The largest absolute Gasteiger partial charge is 0.673 e. The van der Waals surface area contributed by atoms with Gasteiger partial charge in [0, 0.05) is 21.8 Å². The minimum Gasteiger partial charge on any atom is -0.418 e. The Hall–Kier alpha value is 0.485. The highest BCUT2D eigenvalue weighted by Gasteiger charge is 2.24. The van der Waals surface area contributed by atoms with Gasteiger partial charge in [-0.25, -0.2) is 0 Å². The molecule has 7 heteroatoms. The van der Waals surface area contributed by atoms with E-state index in [-0.39, 0.29) is 0 Å². The van der Waals surface area contributed by atoms with Crippen LogP contribution in [0.2, 0.25) is 0 Å². The van der Waals surface area contributed by atoms with Gasteiger partial charge in [0.05, 0.1) is 0 Å². The van der Waals surface area contributed by atoms with Crippen LogP contribution in [-0.4, -0.2) is 35.4 Å². The van der Waals surface area contributed by atoms with E-state index in [9.17, 15) is 17.3 Å². The van der Waals surface area contributed by atoms with Crippen LogP contribution < -0.4 is 0 Å². The maximum absolute atomic E-state index is 9.75. The summed E-state index contributed by atoms with van der Waals surface area (Å²) in [6.45, 7) is 9.33. The molecule has 0 aliphatic rings. The summed E-state index contributed by atoms with van der Waals surface area (Å²) in [5.41, 5.74) is 0. The molecule has 0 atom stereocenters. The summed E-state index contributed by atoms with van der Waals surface area (Å²) in [4.78, 5) is 0. The average molecular weight is 281 g/mol. The second-order valence-corrected chi connectivity index (χ2v) is 8.69. The average Bonchev–Trinajstić information content (AvgIpc) is 2.18. The zero-order valence-electron chi connectivity index (χ0n) is 10.4. The molecule has 0 amide bonds. The quantitative estimate of drug-likeness (QED) is 0.397. The normalized spacial score (nSPS) is 11.6. The van der Waals surface area contributed by atoms with Crippen molar-refractivity contribution in [2.75, 3.05) is 28.1 Å². The molecule has 0 saturated heterocycles. The van der Waals surface area contributed by atoms with Gasteiger partial charge in [0.1, 0.15) is 23.0 Å². The van der Waals surface area contributed by atoms with E-state index < -0.39 is 7.25 Å². The van der Waals surface area contributed by atoms with Crippen LogP contribution in [0.3, 0.4) is 0 Å². The van der Waals surface area contributed by atoms with Crippen molar-refractivity contribution in [3.05, 3.63) is 0 Å². The molecular weight excluding hydrogens is 259 g/mol. The summed E-state index contributed by atoms with van der Waals surface area (Å²) < 4.78 is 39.0. The van der Waals surface area contributed by atoms with Crippen molar-refractivity contribution in [2.24, 2.45) is 0 Å². The minimum absolute atomic E-state index is 0.744. The van der Waals surface area contributed by atoms with E-state index in [1.807, 2.05) is 0 Å². The third kappa shape index (κ3) is 16.9. The summed E-state index contributed by atoms with van der Waals surface area (Å²) in [7, 11) is -4.51. The molecule has 0 N–H and O–H groups in total. The highest BCUT2D eigenvalue weighted by molar-refractivity contribution is 8.13. The second kappa shape index (κ2) is 10.6. The van der Waals surface area contributed by atoms with Crippen molar-refractivity contribution in [3.8, 4) is 0 Å². The molecule has 0 bridgehead atoms. The molecule has 0 heterocycles. The maximum atomic E-state index is 9.75. The lowest BCUT2D eigenvalue weighted by Crippen LogP contribution is -2.23. The lowest BCUT2D eigenvalue weighted by Gasteiger charge is -2.04. The summed E-state index contributed by atoms with van der Waals surface area (Å²) in [5.74, 6) is 5.61. The third-order valence-corrected chi connectivity index (χ3v) is 7.90. The fourth-order valence-electron chi connectivity index (χ4n) is 0.977. The standard InChI is InChI=1S/C9H22S2.BF4/c1-5-10(6-2)9-11(7-3)8-4;2-1(3,4)5/h5-9H2,1-4H3;/q+2;-1. The first-order chi connectivity index (χ1) is 7.28. The fourth-order valence-corrected chi connectivity index (χ4v) is 6.35. The first-order valence-electron chi connectivity index (χ1n) is 5.43. The summed E-state index contributed by atoms with van der Waals surface area (Å²) in [6, 6.07) is 0. The van der Waals surface area contributed by atoms with Crippen LogP contribution in [0, 0.1) is 0 Å². The molecule has 0 spiro atoms. The second-order valence-electron chi connectivity index (χ2n) is 2.99. The molecule has 0 rings (SSSR count). The Balaban J connectivity index is 0. The van der Waals surface area contributed by atoms with Crippen LogP contribution >= 0.6 is 0 Å². The van der Waals surface area contributed by atoms with Crippen molar-refractivity contribution in [2.45, 2.75) is 27.7 Å². The Kier molecular flexibility index (Phi) is 12.5. The van der Waals surface area contributed by atoms with Gasteiger partial charge in [-0.1, -0.05) is 0 Å². The van der Waals surface area contributed by atoms with Crippen LogP contribution in [0.25, 0.3) is 0 Å². The number of hydrogen-bond acceptors (Lipinski definition) is 0. The van der Waals surface area contributed by atoms with Crippen LogP contribution in [0.4, 0.5) is 17.3 Å². The van der Waals surface area contributed by atoms with Crippen molar-refractivity contribution in [3.63, 3.8) is 0 Å². The highest BCUT2D eigenvalue weighted by atomic mass is 32.3. The Morgan fingerprint density at radius 3 is 1.00 bits per heavy atom. The van der Waals surface area contributed by atoms with Crippen molar-refractivity contribution in [1.29, 1.82) is 0 Å². The number of rotatable bonds is 6. The number of hydrogen-bond donors (Lipinski definition) is 0. The van der Waals surface area contributed by atoms with E-state index in [0.717, 1.165) is 21.8 Å². The molecule has 16 heavy (non-hydrogen) atoms. The molecular formula is C9H22BF4S2+. The lowest BCUT2D eigenvalue weighted by atomic mass is 10.3. The van der Waals surface area contributed by atoms with Gasteiger partial charge in [-0.2, -0.15) is 0 Å². The first kappa shape index (κ1) is 18.8. The minimum atomic E-state index is -6.00. The van der Waals surface area contributed by atoms with Crippen LogP contribution in [-0.2, 0) is 21.8 Å². The smallest absolute Gasteiger partial charge is 0.418 e. The third-order valence-electron chi connectivity index (χ3n) is 1.97. The molecule has 0 radical (unpaired) electrons. The summed E-state index contributed by atoms with van der Waals surface area (Å²) >= 11 is 0. The molecule has 0 nitrogen and oxygen atoms in total. The van der Waals surface area contributed by atoms with Gasteiger partial charge >= 0.3 is 7.25 Å². The Morgan fingerprint density at radius 1 is 0.688 bits per heavy atom. The van der Waals surface area contributed by atoms with E-state index in [0.29, 0.717) is 0 Å². The van der Waals surface area contributed by atoms with E-state index in [1.165, 1.54) is 28.1 Å². The predicted molar refractivity (Wildman–Crippen MR) is 71.9 cm³/mol. The van der Waals surface area contributed by atoms with E-state index in [4.69, 9.17) is 0 Å². The fraction of sp³-hybridized carbons (Fsp3) is 1.00. The van der Waals surface area contributed by atoms with Gasteiger partial charge in [0.25, 0.3) is 5.08 Å². The van der Waals surface area contributed by atoms with Gasteiger partial charge in [-0.15, -0.1) is 0 Å². The van der Waals surface area contributed by atoms with E-state index in [1.54, 1.807) is 0 Å². The topological polar surface area (TPSA) is 0 Å². The Morgan fingerprint density at radius 2 is 0.875 bits per heavy atom. The molecule has 0 saturated carbocycles. The van der Waals surface area contributed by atoms with Crippen molar-refractivity contribution in [1.82, 2.24) is 0 Å². The van der Waals surface area contributed by atoms with Crippen LogP contribution in [0.5, 0.6) is 0 Å². The van der Waals surface area contributed by atoms with Gasteiger partial charge in [0.2, 0.25) is 0 Å². The van der Waals surface area contributed by atoms with Crippen molar-refractivity contribution >= 4 is 29.0 Å². The number of halogens is 4. The van der Waals surface area contributed by atoms with Gasteiger partial charge in [-0.05, 0) is 27.7 Å². The monoisotopic (exact) mass is 281 g/mol. The molecule has 0 unspecified atom stereocenters. The molecule has 0 fully saturated rings. The van der Waals surface area contributed by atoms with E-state index in [2.05, 4.69) is 27.7 Å². The zero-order valence-corrected chi connectivity index (χ0v) is 12.1. The van der Waals surface area contributed by atoms with E-state index >= 15 is 0 Å². The van der Waals surface area contributed by atoms with Gasteiger partial charge in [-0.3, -0.25) is 0 Å². The molecule has 0 aromatic heterocycles. The van der Waals surface area contributed by atoms with Crippen LogP contribution in [0.1, 0.15) is 27.7 Å². The molecule has 100 valence electrons. The van der Waals surface area contributed by atoms with Gasteiger partial charge < -0.3 is 17.3 Å². The Labute approximate surface area is 102 Å². The first-order valence-corrected chi connectivity index (χ1v) is 8.90. The predicted octanol–water partition coefficient (Wildman–Crippen LogP) is 3.56. The maximum Gasteiger partial charge on any atom is 0.673 e. The van der Waals surface area contributed by atoms with Gasteiger partial charge in [0.15, 0.2) is 0 Å². The molecule has 0 aromatic carbocycles. The SMILES string of the molecule is CC[S+](CC)C[S+](CC)CC.F[B-](F)(F)F. The Bertz CT molecular complexity index is 131. The highest BCUT2D eigenvalue weighted by Crippen LogP contribution is 2.06. The van der Waals surface area contributed by atoms with Crippen LogP contribution in [0.15, 0.2) is 0 Å². The summed E-state index contributed by atoms with van der Waals surface area (Å²) in [6.07, 6.45) is 0. The lowest BCUT2D eigenvalue weighted by molar-refractivity contribution is 0.368.